The summed E-state index contributed by atoms with van der Waals surface area (Å²) >= 11 is 0. The van der Waals surface area contributed by atoms with Crippen molar-refractivity contribution in [2.45, 2.75) is 0 Å². The number of hydrogen-bond acceptors (Lipinski definition) is 2. The summed E-state index contributed by atoms with van der Waals surface area (Å²) < 4.78 is 17.2. The lowest BCUT2D eigenvalue weighted by Gasteiger charge is -2.16. The molecular formula is C32H18N3OP. The van der Waals surface area contributed by atoms with Gasteiger partial charge in [-0.2, -0.15) is 5.26 Å². The van der Waals surface area contributed by atoms with Crippen LogP contribution >= 0.6 is 7.14 Å². The predicted octanol–water partition coefficient (Wildman–Crippen LogP) is 6.83. The average molecular weight is 491 g/mol. The van der Waals surface area contributed by atoms with Gasteiger partial charge in [-0.15, -0.1) is 0 Å². The molecule has 2 heterocycles. The van der Waals surface area contributed by atoms with Crippen LogP contribution in [-0.4, -0.2) is 4.57 Å². The van der Waals surface area contributed by atoms with Crippen LogP contribution in [0.25, 0.3) is 43.5 Å². The maximum atomic E-state index is 15.1. The van der Waals surface area contributed by atoms with Crippen LogP contribution in [0.3, 0.4) is 0 Å². The van der Waals surface area contributed by atoms with Gasteiger partial charge in [-0.3, -0.25) is 0 Å². The van der Waals surface area contributed by atoms with Gasteiger partial charge in [0.2, 0.25) is 0 Å². The minimum Gasteiger partial charge on any atom is -0.310 e. The normalized spacial score (nSPS) is 15.7. The zero-order valence-corrected chi connectivity index (χ0v) is 20.5. The first-order valence-corrected chi connectivity index (χ1v) is 13.6. The number of nitriles is 1. The fraction of sp³-hybridized carbons (Fsp3) is 0. The molecular weight excluding hydrogens is 473 g/mol. The summed E-state index contributed by atoms with van der Waals surface area (Å²) in [6.07, 6.45) is 0. The SMILES string of the molecule is [C-]#[N+]c1cc(C#N)cc(-n2c3ccccc3c3ccc4c(c32)-c2ccccc2P4(=O)c2ccccc2)c1. The quantitative estimate of drug-likeness (QED) is 0.197. The lowest BCUT2D eigenvalue weighted by molar-refractivity contribution is 0.593. The van der Waals surface area contributed by atoms with Crippen LogP contribution in [0.5, 0.6) is 0 Å². The average Bonchev–Trinajstić information content (AvgIpc) is 3.44. The van der Waals surface area contributed by atoms with E-state index < -0.39 is 7.14 Å². The summed E-state index contributed by atoms with van der Waals surface area (Å²) in [6, 6.07) is 37.4. The van der Waals surface area contributed by atoms with E-state index >= 15 is 4.57 Å². The Kier molecular flexibility index (Phi) is 4.51. The Balaban J connectivity index is 1.70. The maximum Gasteiger partial charge on any atom is 0.190 e. The molecule has 0 saturated carbocycles. The van der Waals surface area contributed by atoms with Crippen molar-refractivity contribution in [1.29, 1.82) is 5.26 Å². The smallest absolute Gasteiger partial charge is 0.190 e. The molecule has 7 rings (SSSR count). The van der Waals surface area contributed by atoms with Crippen molar-refractivity contribution < 1.29 is 4.57 Å². The number of nitrogens with zero attached hydrogens (tertiary/aromatic N) is 3. The molecule has 0 saturated heterocycles. The Hall–Kier alpha value is -4.89. The molecule has 1 aromatic heterocycles. The third-order valence-corrected chi connectivity index (χ3v) is 10.4. The van der Waals surface area contributed by atoms with E-state index in [1.165, 1.54) is 0 Å². The summed E-state index contributed by atoms with van der Waals surface area (Å²) in [5.41, 5.74) is 5.38. The van der Waals surface area contributed by atoms with Gasteiger partial charge in [0.05, 0.1) is 23.7 Å². The summed E-state index contributed by atoms with van der Waals surface area (Å²) in [6.45, 7) is 7.60. The summed E-state index contributed by atoms with van der Waals surface area (Å²) in [5.74, 6) is 0. The number of benzene rings is 5. The van der Waals surface area contributed by atoms with Crippen molar-refractivity contribution in [3.05, 3.63) is 126 Å². The third-order valence-electron chi connectivity index (χ3n) is 7.21. The largest absolute Gasteiger partial charge is 0.310 e. The van der Waals surface area contributed by atoms with Crippen LogP contribution in [0.15, 0.2) is 109 Å². The molecule has 4 nitrogen and oxygen atoms in total. The second-order valence-electron chi connectivity index (χ2n) is 9.13. The highest BCUT2D eigenvalue weighted by atomic mass is 31.2. The summed E-state index contributed by atoms with van der Waals surface area (Å²) in [5, 5.41) is 14.3. The molecule has 0 N–H and O–H groups in total. The molecule has 0 radical (unpaired) electrons. The van der Waals surface area contributed by atoms with E-state index in [4.69, 9.17) is 6.57 Å². The third kappa shape index (κ3) is 2.85. The molecule has 0 bridgehead atoms. The van der Waals surface area contributed by atoms with Gasteiger partial charge in [0.15, 0.2) is 12.8 Å². The Labute approximate surface area is 213 Å². The Bertz CT molecular complexity index is 2010. The van der Waals surface area contributed by atoms with Crippen molar-refractivity contribution in [2.75, 3.05) is 0 Å². The van der Waals surface area contributed by atoms with Crippen LogP contribution in [0.1, 0.15) is 5.56 Å². The molecule has 1 aliphatic rings. The fourth-order valence-electron chi connectivity index (χ4n) is 5.70. The molecule has 0 amide bonds. The summed E-state index contributed by atoms with van der Waals surface area (Å²) in [4.78, 5) is 3.62. The molecule has 1 atom stereocenters. The maximum absolute atomic E-state index is 15.1. The topological polar surface area (TPSA) is 50.1 Å². The standard InChI is InChI=1S/C32H18N3OP/c1-34-22-17-21(20-33)18-23(19-22)35-28-13-7-5-11-25(28)26-15-16-30-31(32(26)35)27-12-6-8-14-29(27)37(30,36)24-9-3-2-4-10-24/h2-19H. The lowest BCUT2D eigenvalue weighted by Crippen LogP contribution is -2.20. The highest BCUT2D eigenvalue weighted by Gasteiger charge is 2.41. The van der Waals surface area contributed by atoms with Crippen molar-refractivity contribution >= 4 is 50.5 Å². The van der Waals surface area contributed by atoms with Crippen LogP contribution < -0.4 is 15.9 Å². The van der Waals surface area contributed by atoms with Crippen LogP contribution in [0, 0.1) is 17.9 Å². The van der Waals surface area contributed by atoms with Crippen molar-refractivity contribution in [1.82, 2.24) is 4.57 Å². The van der Waals surface area contributed by atoms with Gasteiger partial charge >= 0.3 is 0 Å². The van der Waals surface area contributed by atoms with Gasteiger partial charge < -0.3 is 9.13 Å². The minimum absolute atomic E-state index is 0.405. The molecule has 0 fully saturated rings. The van der Waals surface area contributed by atoms with E-state index in [-0.39, 0.29) is 0 Å². The second-order valence-corrected chi connectivity index (χ2v) is 11.8. The second kappa shape index (κ2) is 7.81. The van der Waals surface area contributed by atoms with Gasteiger partial charge in [0.1, 0.15) is 0 Å². The molecule has 172 valence electrons. The van der Waals surface area contributed by atoms with E-state index in [9.17, 15) is 5.26 Å². The van der Waals surface area contributed by atoms with E-state index in [2.05, 4.69) is 39.7 Å². The first-order valence-electron chi connectivity index (χ1n) is 11.9. The fourth-order valence-corrected chi connectivity index (χ4v) is 8.76. The molecule has 0 aliphatic carbocycles. The van der Waals surface area contributed by atoms with Gasteiger partial charge in [-0.05, 0) is 35.9 Å². The van der Waals surface area contributed by atoms with Crippen molar-refractivity contribution in [3.63, 3.8) is 0 Å². The number of hydrogen-bond donors (Lipinski definition) is 0. The van der Waals surface area contributed by atoms with E-state index in [1.54, 1.807) is 6.07 Å². The van der Waals surface area contributed by atoms with Crippen LogP contribution in [-0.2, 0) is 4.57 Å². The molecule has 37 heavy (non-hydrogen) atoms. The number of aromatic nitrogens is 1. The Morgan fingerprint density at radius 3 is 2.35 bits per heavy atom. The van der Waals surface area contributed by atoms with E-state index in [0.29, 0.717) is 11.3 Å². The molecule has 5 heteroatoms. The monoisotopic (exact) mass is 491 g/mol. The van der Waals surface area contributed by atoms with Gasteiger partial charge in [-0.1, -0.05) is 78.9 Å². The van der Waals surface area contributed by atoms with Crippen LogP contribution in [0.4, 0.5) is 5.69 Å². The van der Waals surface area contributed by atoms with Crippen LogP contribution in [0.2, 0.25) is 0 Å². The number of para-hydroxylation sites is 1. The first-order chi connectivity index (χ1) is 18.1. The molecule has 6 aromatic rings. The van der Waals surface area contributed by atoms with Crippen molar-refractivity contribution in [2.24, 2.45) is 0 Å². The lowest BCUT2D eigenvalue weighted by atomic mass is 10.0. The highest BCUT2D eigenvalue weighted by Crippen LogP contribution is 2.54. The zero-order valence-electron chi connectivity index (χ0n) is 19.6. The van der Waals surface area contributed by atoms with Gasteiger partial charge in [0, 0.05) is 43.5 Å². The summed E-state index contributed by atoms with van der Waals surface area (Å²) in [7, 11) is -3.11. The minimum atomic E-state index is -3.11. The predicted molar refractivity (Wildman–Crippen MR) is 150 cm³/mol. The Morgan fingerprint density at radius 2 is 1.54 bits per heavy atom. The molecule has 0 spiro atoms. The molecule has 1 unspecified atom stereocenters. The first kappa shape index (κ1) is 21.4. The number of fused-ring (bicyclic) bond motifs is 7. The van der Waals surface area contributed by atoms with E-state index in [1.807, 2.05) is 78.9 Å². The van der Waals surface area contributed by atoms with Crippen molar-refractivity contribution in [3.8, 4) is 22.9 Å². The zero-order chi connectivity index (χ0) is 25.1. The van der Waals surface area contributed by atoms with Gasteiger partial charge in [0.25, 0.3) is 0 Å². The molecule has 5 aromatic carbocycles. The van der Waals surface area contributed by atoms with E-state index in [0.717, 1.165) is 54.5 Å². The molecule has 1 aliphatic heterocycles. The number of rotatable bonds is 2. The van der Waals surface area contributed by atoms with Gasteiger partial charge in [-0.25, -0.2) is 4.85 Å². The highest BCUT2D eigenvalue weighted by molar-refractivity contribution is 7.86. The Morgan fingerprint density at radius 1 is 0.784 bits per heavy atom.